The zero-order chi connectivity index (χ0) is 14.3. The number of hydrogen-bond acceptors (Lipinski definition) is 2. The molecule has 0 saturated heterocycles. The van der Waals surface area contributed by atoms with Crippen molar-refractivity contribution in [3.05, 3.63) is 33.2 Å². The van der Waals surface area contributed by atoms with Crippen LogP contribution in [0.3, 0.4) is 0 Å². The fourth-order valence-electron chi connectivity index (χ4n) is 1.63. The van der Waals surface area contributed by atoms with E-state index in [4.69, 9.17) is 5.26 Å². The topological polar surface area (TPSA) is 45.8 Å². The van der Waals surface area contributed by atoms with Gasteiger partial charge in [-0.15, -0.1) is 0 Å². The van der Waals surface area contributed by atoms with Gasteiger partial charge < -0.3 is 4.57 Å². The first-order valence-electron chi connectivity index (χ1n) is 5.22. The van der Waals surface area contributed by atoms with Crippen LogP contribution in [0.25, 0.3) is 0 Å². The molecule has 0 aromatic carbocycles. The number of nitrogens with zero attached hydrogens (tertiary/aromatic N) is 2. The molecule has 0 amide bonds. The van der Waals surface area contributed by atoms with Gasteiger partial charge in [-0.25, -0.2) is 0 Å². The van der Waals surface area contributed by atoms with E-state index in [0.717, 1.165) is 10.6 Å². The zero-order valence-electron chi connectivity index (χ0n) is 10.5. The van der Waals surface area contributed by atoms with Gasteiger partial charge in [-0.3, -0.25) is 4.79 Å². The summed E-state index contributed by atoms with van der Waals surface area (Å²) in [6.07, 6.45) is -4.66. The molecule has 0 saturated carbocycles. The van der Waals surface area contributed by atoms with Crippen molar-refractivity contribution in [3.8, 4) is 6.07 Å². The average Bonchev–Trinajstić information content (AvgIpc) is 2.17. The highest BCUT2D eigenvalue weighted by Gasteiger charge is 2.37. The maximum Gasteiger partial charge on any atom is 0.419 e. The summed E-state index contributed by atoms with van der Waals surface area (Å²) in [5.74, 6) is 0. The molecule has 0 atom stereocenters. The summed E-state index contributed by atoms with van der Waals surface area (Å²) < 4.78 is 39.3. The highest BCUT2D eigenvalue weighted by atomic mass is 19.4. The second-order valence-electron chi connectivity index (χ2n) is 5.04. The molecule has 98 valence electrons. The number of nitriles is 1. The lowest BCUT2D eigenvalue weighted by Crippen LogP contribution is -2.32. The standard InChI is InChI=1S/C12H13F3N2O/c1-11(2,3)8-5-7(12(13,14)15)9(6-16)17(4)10(8)18/h5H,1-4H3. The monoisotopic (exact) mass is 258 g/mol. The van der Waals surface area contributed by atoms with Gasteiger partial charge in [0.2, 0.25) is 0 Å². The van der Waals surface area contributed by atoms with Gasteiger partial charge >= 0.3 is 6.18 Å². The van der Waals surface area contributed by atoms with E-state index in [1.54, 1.807) is 20.8 Å². The molecule has 0 N–H and O–H groups in total. The molecule has 0 unspecified atom stereocenters. The molecule has 1 aromatic heterocycles. The van der Waals surface area contributed by atoms with E-state index in [1.165, 1.54) is 13.1 Å². The predicted octanol–water partition coefficient (Wildman–Crippen LogP) is 2.57. The fraction of sp³-hybridized carbons (Fsp3) is 0.500. The Kier molecular flexibility index (Phi) is 3.30. The van der Waals surface area contributed by atoms with Crippen molar-refractivity contribution in [2.24, 2.45) is 7.05 Å². The van der Waals surface area contributed by atoms with Crippen LogP contribution >= 0.6 is 0 Å². The smallest absolute Gasteiger partial charge is 0.302 e. The molecular weight excluding hydrogens is 245 g/mol. The van der Waals surface area contributed by atoms with Crippen molar-refractivity contribution in [3.63, 3.8) is 0 Å². The van der Waals surface area contributed by atoms with E-state index in [9.17, 15) is 18.0 Å². The summed E-state index contributed by atoms with van der Waals surface area (Å²) in [4.78, 5) is 11.9. The molecule has 0 aliphatic carbocycles. The number of pyridine rings is 1. The second-order valence-corrected chi connectivity index (χ2v) is 5.04. The van der Waals surface area contributed by atoms with Gasteiger partial charge in [-0.2, -0.15) is 18.4 Å². The molecule has 0 aliphatic heterocycles. The van der Waals surface area contributed by atoms with Crippen LogP contribution in [0.5, 0.6) is 0 Å². The van der Waals surface area contributed by atoms with Crippen LogP contribution in [0.15, 0.2) is 10.9 Å². The number of aromatic nitrogens is 1. The third-order valence-corrected chi connectivity index (χ3v) is 2.63. The minimum atomic E-state index is -4.66. The highest BCUT2D eigenvalue weighted by Crippen LogP contribution is 2.33. The molecule has 6 heteroatoms. The van der Waals surface area contributed by atoms with E-state index in [-0.39, 0.29) is 5.56 Å². The van der Waals surface area contributed by atoms with Gasteiger partial charge in [-0.05, 0) is 11.5 Å². The minimum absolute atomic E-state index is 0.0383. The van der Waals surface area contributed by atoms with E-state index < -0.39 is 28.4 Å². The van der Waals surface area contributed by atoms with Gasteiger partial charge in [0.1, 0.15) is 11.8 Å². The van der Waals surface area contributed by atoms with Gasteiger partial charge in [0, 0.05) is 12.6 Å². The normalized spacial score (nSPS) is 12.3. The van der Waals surface area contributed by atoms with Crippen molar-refractivity contribution < 1.29 is 13.2 Å². The molecule has 3 nitrogen and oxygen atoms in total. The molecule has 0 spiro atoms. The predicted molar refractivity (Wildman–Crippen MR) is 60.1 cm³/mol. The molecule has 1 rings (SSSR count). The quantitative estimate of drug-likeness (QED) is 0.718. The number of rotatable bonds is 0. The van der Waals surface area contributed by atoms with Crippen molar-refractivity contribution >= 4 is 0 Å². The Labute approximate surface area is 102 Å². The van der Waals surface area contributed by atoms with Crippen LogP contribution in [0.2, 0.25) is 0 Å². The van der Waals surface area contributed by atoms with Crippen molar-refractivity contribution in [1.29, 1.82) is 5.26 Å². The van der Waals surface area contributed by atoms with Gasteiger partial charge in [0.05, 0.1) is 5.56 Å². The third-order valence-electron chi connectivity index (χ3n) is 2.63. The SMILES string of the molecule is Cn1c(C#N)c(C(F)(F)F)cc(C(C)(C)C)c1=O. The Balaban J connectivity index is 3.81. The van der Waals surface area contributed by atoms with Gasteiger partial charge in [-0.1, -0.05) is 20.8 Å². The summed E-state index contributed by atoms with van der Waals surface area (Å²) in [6.45, 7) is 4.95. The molecular formula is C12H13F3N2O. The summed E-state index contributed by atoms with van der Waals surface area (Å²) in [5.41, 5.74) is -3.00. The van der Waals surface area contributed by atoms with Crippen LogP contribution < -0.4 is 5.56 Å². The van der Waals surface area contributed by atoms with Crippen molar-refractivity contribution in [1.82, 2.24) is 4.57 Å². The number of alkyl halides is 3. The first-order valence-corrected chi connectivity index (χ1v) is 5.22. The molecule has 18 heavy (non-hydrogen) atoms. The van der Waals surface area contributed by atoms with E-state index in [2.05, 4.69) is 0 Å². The fourth-order valence-corrected chi connectivity index (χ4v) is 1.63. The van der Waals surface area contributed by atoms with Crippen LogP contribution in [-0.2, 0) is 18.6 Å². The van der Waals surface area contributed by atoms with Crippen LogP contribution in [0.4, 0.5) is 13.2 Å². The van der Waals surface area contributed by atoms with Gasteiger partial charge in [0.15, 0.2) is 0 Å². The third kappa shape index (κ3) is 2.40. The van der Waals surface area contributed by atoms with E-state index in [1.807, 2.05) is 0 Å². The Morgan fingerprint density at radius 2 is 1.72 bits per heavy atom. The Bertz CT molecular complexity index is 571. The lowest BCUT2D eigenvalue weighted by molar-refractivity contribution is -0.138. The minimum Gasteiger partial charge on any atom is -0.302 e. The first-order chi connectivity index (χ1) is 8.00. The first kappa shape index (κ1) is 14.3. The molecule has 0 fully saturated rings. The molecule has 1 aromatic rings. The van der Waals surface area contributed by atoms with Crippen LogP contribution in [0.1, 0.15) is 37.6 Å². The molecule has 0 bridgehead atoms. The number of halogens is 3. The largest absolute Gasteiger partial charge is 0.419 e. The number of hydrogen-bond donors (Lipinski definition) is 0. The summed E-state index contributed by atoms with van der Waals surface area (Å²) in [5, 5.41) is 8.77. The zero-order valence-corrected chi connectivity index (χ0v) is 10.5. The lowest BCUT2D eigenvalue weighted by Gasteiger charge is -2.21. The van der Waals surface area contributed by atoms with Crippen molar-refractivity contribution in [2.75, 3.05) is 0 Å². The summed E-state index contributed by atoms with van der Waals surface area (Å²) in [6, 6.07) is 2.21. The highest BCUT2D eigenvalue weighted by molar-refractivity contribution is 5.39. The Morgan fingerprint density at radius 3 is 2.06 bits per heavy atom. The Hall–Kier alpha value is -1.77. The van der Waals surface area contributed by atoms with E-state index >= 15 is 0 Å². The van der Waals surface area contributed by atoms with Crippen LogP contribution in [0, 0.1) is 11.3 Å². The second kappa shape index (κ2) is 4.16. The molecule has 0 radical (unpaired) electrons. The summed E-state index contributed by atoms with van der Waals surface area (Å²) >= 11 is 0. The summed E-state index contributed by atoms with van der Waals surface area (Å²) in [7, 11) is 1.17. The molecule has 1 heterocycles. The van der Waals surface area contributed by atoms with E-state index in [0.29, 0.717) is 0 Å². The maximum absolute atomic E-state index is 12.8. The average molecular weight is 258 g/mol. The Morgan fingerprint density at radius 1 is 1.22 bits per heavy atom. The van der Waals surface area contributed by atoms with Crippen LogP contribution in [-0.4, -0.2) is 4.57 Å². The van der Waals surface area contributed by atoms with Crippen molar-refractivity contribution in [2.45, 2.75) is 32.4 Å². The van der Waals surface area contributed by atoms with Gasteiger partial charge in [0.25, 0.3) is 5.56 Å². The lowest BCUT2D eigenvalue weighted by atomic mass is 9.86. The maximum atomic E-state index is 12.8. The molecule has 0 aliphatic rings.